The van der Waals surface area contributed by atoms with E-state index in [0.717, 1.165) is 47.7 Å². The van der Waals surface area contributed by atoms with Crippen LogP contribution in [-0.2, 0) is 17.5 Å². The third kappa shape index (κ3) is 5.63. The molecular formula is C31H32F3N3O. The Balaban J connectivity index is 1.55. The average molecular weight is 520 g/mol. The minimum atomic E-state index is -4.46. The molecule has 1 fully saturated rings. The molecule has 1 atom stereocenters. The Morgan fingerprint density at radius 1 is 0.895 bits per heavy atom. The first-order chi connectivity index (χ1) is 18.3. The second kappa shape index (κ2) is 11.0. The van der Waals surface area contributed by atoms with Gasteiger partial charge in [-0.2, -0.15) is 13.2 Å². The molecule has 1 saturated heterocycles. The molecular weight excluding hydrogens is 487 g/mol. The molecule has 1 aliphatic rings. The van der Waals surface area contributed by atoms with E-state index in [-0.39, 0.29) is 12.3 Å². The van der Waals surface area contributed by atoms with Gasteiger partial charge in [0.05, 0.1) is 5.56 Å². The van der Waals surface area contributed by atoms with Gasteiger partial charge < -0.3 is 14.4 Å². The molecule has 0 bridgehead atoms. The molecule has 1 aliphatic heterocycles. The smallest absolute Gasteiger partial charge is 0.343 e. The summed E-state index contributed by atoms with van der Waals surface area (Å²) < 4.78 is 43.1. The van der Waals surface area contributed by atoms with Gasteiger partial charge >= 0.3 is 6.18 Å². The van der Waals surface area contributed by atoms with Crippen molar-refractivity contribution < 1.29 is 18.0 Å². The first-order valence-electron chi connectivity index (χ1n) is 13.1. The first kappa shape index (κ1) is 26.0. The molecule has 38 heavy (non-hydrogen) atoms. The van der Waals surface area contributed by atoms with E-state index in [9.17, 15) is 18.0 Å². The molecule has 4 aromatic rings. The number of hydrogen-bond acceptors (Lipinski definition) is 2. The van der Waals surface area contributed by atoms with Crippen LogP contribution in [0.4, 0.5) is 13.2 Å². The number of aromatic nitrogens is 1. The maximum atomic E-state index is 13.7. The van der Waals surface area contributed by atoms with E-state index in [2.05, 4.69) is 28.5 Å². The van der Waals surface area contributed by atoms with Crippen LogP contribution in [-0.4, -0.2) is 53.0 Å². The Labute approximate surface area is 221 Å². The van der Waals surface area contributed by atoms with Crippen LogP contribution in [0.1, 0.15) is 41.5 Å². The maximum absolute atomic E-state index is 13.7. The van der Waals surface area contributed by atoms with Crippen molar-refractivity contribution in [3.63, 3.8) is 0 Å². The standard InChI is InChI=1S/C31H32F3N3O/c1-2-35-15-17-36(18-16-35)30(38)20-27(24-11-8-12-25(19-24)31(32,33)34)28-22-37(21-23-9-4-3-5-10-23)29-14-7-6-13-26(28)29/h3-14,19,22,27H,2,15-18,20-21H2,1H3/t27-/m1/s1. The van der Waals surface area contributed by atoms with Gasteiger partial charge in [0, 0.05) is 62.2 Å². The van der Waals surface area contributed by atoms with Crippen molar-refractivity contribution in [2.24, 2.45) is 0 Å². The lowest BCUT2D eigenvalue weighted by Gasteiger charge is -2.35. The Hall–Kier alpha value is -3.58. The third-order valence-electron chi connectivity index (χ3n) is 7.56. The van der Waals surface area contributed by atoms with Crippen LogP contribution in [0.15, 0.2) is 85.1 Å². The Morgan fingerprint density at radius 3 is 2.32 bits per heavy atom. The normalized spacial score (nSPS) is 15.6. The highest BCUT2D eigenvalue weighted by molar-refractivity contribution is 5.87. The summed E-state index contributed by atoms with van der Waals surface area (Å²) in [6.07, 6.45) is -2.32. The van der Waals surface area contributed by atoms with E-state index in [4.69, 9.17) is 0 Å². The first-order valence-corrected chi connectivity index (χ1v) is 13.1. The Kier molecular flexibility index (Phi) is 7.56. The van der Waals surface area contributed by atoms with Crippen molar-refractivity contribution in [3.05, 3.63) is 107 Å². The number of nitrogens with zero attached hydrogens (tertiary/aromatic N) is 3. The third-order valence-corrected chi connectivity index (χ3v) is 7.56. The molecule has 0 saturated carbocycles. The Morgan fingerprint density at radius 2 is 1.61 bits per heavy atom. The fourth-order valence-electron chi connectivity index (χ4n) is 5.42. The topological polar surface area (TPSA) is 28.5 Å². The fourth-order valence-corrected chi connectivity index (χ4v) is 5.42. The van der Waals surface area contributed by atoms with Crippen molar-refractivity contribution in [2.45, 2.75) is 32.0 Å². The molecule has 2 heterocycles. The number of benzene rings is 3. The highest BCUT2D eigenvalue weighted by Crippen LogP contribution is 2.38. The summed E-state index contributed by atoms with van der Waals surface area (Å²) in [6.45, 7) is 6.57. The zero-order valence-electron chi connectivity index (χ0n) is 21.5. The summed E-state index contributed by atoms with van der Waals surface area (Å²) in [5.41, 5.74) is 2.80. The van der Waals surface area contributed by atoms with Crippen LogP contribution in [0.25, 0.3) is 10.9 Å². The molecule has 0 unspecified atom stereocenters. The van der Waals surface area contributed by atoms with E-state index in [1.54, 1.807) is 6.07 Å². The van der Waals surface area contributed by atoms with E-state index in [1.807, 2.05) is 53.6 Å². The molecule has 4 nitrogen and oxygen atoms in total. The highest BCUT2D eigenvalue weighted by Gasteiger charge is 2.32. The second-order valence-corrected chi connectivity index (χ2v) is 9.91. The number of piperazine rings is 1. The van der Waals surface area contributed by atoms with Crippen LogP contribution in [0.2, 0.25) is 0 Å². The number of carbonyl (C=O) groups excluding carboxylic acids is 1. The predicted octanol–water partition coefficient (Wildman–Crippen LogP) is 6.39. The van der Waals surface area contributed by atoms with Crippen molar-refractivity contribution in [1.29, 1.82) is 0 Å². The molecule has 3 aromatic carbocycles. The van der Waals surface area contributed by atoms with Crippen LogP contribution in [0.5, 0.6) is 0 Å². The van der Waals surface area contributed by atoms with Crippen molar-refractivity contribution in [1.82, 2.24) is 14.4 Å². The number of rotatable bonds is 7. The molecule has 198 valence electrons. The number of amides is 1. The van der Waals surface area contributed by atoms with E-state index < -0.39 is 17.7 Å². The van der Waals surface area contributed by atoms with Gasteiger partial charge in [-0.3, -0.25) is 4.79 Å². The summed E-state index contributed by atoms with van der Waals surface area (Å²) >= 11 is 0. The van der Waals surface area contributed by atoms with E-state index in [0.29, 0.717) is 25.2 Å². The van der Waals surface area contributed by atoms with Gasteiger partial charge in [0.15, 0.2) is 0 Å². The van der Waals surface area contributed by atoms with E-state index >= 15 is 0 Å². The predicted molar refractivity (Wildman–Crippen MR) is 144 cm³/mol. The summed E-state index contributed by atoms with van der Waals surface area (Å²) in [5, 5.41) is 0.953. The van der Waals surface area contributed by atoms with Gasteiger partial charge in [0.2, 0.25) is 5.91 Å². The molecule has 7 heteroatoms. The molecule has 1 amide bonds. The van der Waals surface area contributed by atoms with Crippen molar-refractivity contribution >= 4 is 16.8 Å². The number of likely N-dealkylation sites (N-methyl/N-ethyl adjacent to an activating group) is 1. The molecule has 5 rings (SSSR count). The number of carbonyl (C=O) groups is 1. The lowest BCUT2D eigenvalue weighted by Crippen LogP contribution is -2.48. The zero-order chi connectivity index (χ0) is 26.7. The van der Waals surface area contributed by atoms with Crippen LogP contribution in [0, 0.1) is 0 Å². The van der Waals surface area contributed by atoms with Crippen LogP contribution >= 0.6 is 0 Å². The van der Waals surface area contributed by atoms with Crippen molar-refractivity contribution in [3.8, 4) is 0 Å². The number of halogens is 3. The zero-order valence-corrected chi connectivity index (χ0v) is 21.5. The molecule has 0 aliphatic carbocycles. The lowest BCUT2D eigenvalue weighted by molar-refractivity contribution is -0.137. The Bertz CT molecular complexity index is 1390. The number of fused-ring (bicyclic) bond motifs is 1. The highest BCUT2D eigenvalue weighted by atomic mass is 19.4. The monoisotopic (exact) mass is 519 g/mol. The maximum Gasteiger partial charge on any atom is 0.416 e. The largest absolute Gasteiger partial charge is 0.416 e. The summed E-state index contributed by atoms with van der Waals surface area (Å²) in [6, 6.07) is 23.4. The van der Waals surface area contributed by atoms with Gasteiger partial charge in [-0.05, 0) is 35.4 Å². The number of alkyl halides is 3. The number of para-hydroxylation sites is 1. The quantitative estimate of drug-likeness (QED) is 0.283. The molecule has 0 spiro atoms. The molecule has 0 N–H and O–H groups in total. The lowest BCUT2D eigenvalue weighted by atomic mass is 9.87. The summed E-state index contributed by atoms with van der Waals surface area (Å²) in [5.74, 6) is -0.529. The van der Waals surface area contributed by atoms with E-state index in [1.165, 1.54) is 12.1 Å². The fraction of sp³-hybridized carbons (Fsp3) is 0.323. The van der Waals surface area contributed by atoms with Crippen LogP contribution in [0.3, 0.4) is 0 Å². The van der Waals surface area contributed by atoms with Gasteiger partial charge in [-0.15, -0.1) is 0 Å². The number of hydrogen-bond donors (Lipinski definition) is 0. The minimum Gasteiger partial charge on any atom is -0.343 e. The minimum absolute atomic E-state index is 0.0249. The summed E-state index contributed by atoms with van der Waals surface area (Å²) in [4.78, 5) is 17.7. The average Bonchev–Trinajstić information content (AvgIpc) is 3.29. The van der Waals surface area contributed by atoms with Gasteiger partial charge in [-0.25, -0.2) is 0 Å². The summed E-state index contributed by atoms with van der Waals surface area (Å²) in [7, 11) is 0. The van der Waals surface area contributed by atoms with Gasteiger partial charge in [-0.1, -0.05) is 73.7 Å². The molecule has 1 aromatic heterocycles. The molecule has 0 radical (unpaired) electrons. The van der Waals surface area contributed by atoms with Crippen LogP contribution < -0.4 is 0 Å². The second-order valence-electron chi connectivity index (χ2n) is 9.91. The SMILES string of the molecule is CCN1CCN(C(=O)C[C@H](c2cccc(C(F)(F)F)c2)c2cn(Cc3ccccc3)c3ccccc23)CC1. The van der Waals surface area contributed by atoms with Crippen molar-refractivity contribution in [2.75, 3.05) is 32.7 Å². The van der Waals surface area contributed by atoms with Gasteiger partial charge in [0.1, 0.15) is 0 Å². The van der Waals surface area contributed by atoms with Gasteiger partial charge in [0.25, 0.3) is 0 Å².